The van der Waals surface area contributed by atoms with Crippen molar-refractivity contribution in [2.45, 2.75) is 65.8 Å². The summed E-state index contributed by atoms with van der Waals surface area (Å²) in [5, 5.41) is 0.624. The second-order valence-corrected chi connectivity index (χ2v) is 9.81. The van der Waals surface area contributed by atoms with Gasteiger partial charge in [0.2, 0.25) is 0 Å². The van der Waals surface area contributed by atoms with Crippen LogP contribution in [0.2, 0.25) is 5.02 Å². The fourth-order valence-electron chi connectivity index (χ4n) is 3.83. The minimum atomic E-state index is -2.38. The van der Waals surface area contributed by atoms with Gasteiger partial charge in [-0.25, -0.2) is 13.5 Å². The van der Waals surface area contributed by atoms with Gasteiger partial charge in [-0.3, -0.25) is 9.35 Å². The minimum Gasteiger partial charge on any atom is -0.324 e. The first kappa shape index (κ1) is 26.9. The lowest BCUT2D eigenvalue weighted by Crippen LogP contribution is -2.33. The van der Waals surface area contributed by atoms with Gasteiger partial charge in [0, 0.05) is 29.1 Å². The first-order valence-electron chi connectivity index (χ1n) is 12.0. The summed E-state index contributed by atoms with van der Waals surface area (Å²) in [7, 11) is 0. The maximum Gasteiger partial charge on any atom is 0.267 e. The molecule has 0 saturated carbocycles. The summed E-state index contributed by atoms with van der Waals surface area (Å²) in [5.41, 5.74) is 3.67. The number of benzene rings is 2. The number of carbonyl (C=O) groups excluding carboxylic acids is 1. The van der Waals surface area contributed by atoms with Crippen LogP contribution in [0.15, 0.2) is 36.4 Å². The fourth-order valence-corrected chi connectivity index (χ4v) is 4.60. The van der Waals surface area contributed by atoms with Gasteiger partial charge in [-0.15, -0.1) is 0 Å². The Labute approximate surface area is 215 Å². The number of amides is 1. The van der Waals surface area contributed by atoms with Crippen LogP contribution in [0.25, 0.3) is 11.0 Å². The molecule has 0 bridgehead atoms. The second-order valence-electron chi connectivity index (χ2n) is 8.51. The highest BCUT2D eigenvalue weighted by atomic mass is 35.5. The quantitative estimate of drug-likeness (QED) is 0.194. The van der Waals surface area contributed by atoms with Crippen LogP contribution >= 0.6 is 11.6 Å². The Morgan fingerprint density at radius 3 is 2.60 bits per heavy atom. The number of aromatic nitrogens is 2. The number of nitrogens with zero attached hydrogens (tertiary/aromatic N) is 3. The molecule has 1 aromatic heterocycles. The van der Waals surface area contributed by atoms with Gasteiger partial charge in [-0.05, 0) is 55.7 Å². The van der Waals surface area contributed by atoms with Crippen LogP contribution in [-0.2, 0) is 17.8 Å². The van der Waals surface area contributed by atoms with Crippen LogP contribution in [0.4, 0.5) is 0 Å². The van der Waals surface area contributed by atoms with Crippen LogP contribution < -0.4 is 0 Å². The van der Waals surface area contributed by atoms with Gasteiger partial charge in [0.05, 0.1) is 17.6 Å². The molecule has 1 heterocycles. The van der Waals surface area contributed by atoms with E-state index in [0.717, 1.165) is 64.4 Å². The molecule has 6 nitrogen and oxygen atoms in total. The molecule has 35 heavy (non-hydrogen) atoms. The molecular formula is C27H32ClN3O3S. The first-order valence-corrected chi connectivity index (χ1v) is 13.5. The molecule has 3 aromatic rings. The Bertz CT molecular complexity index is 1280. The van der Waals surface area contributed by atoms with Gasteiger partial charge >= 0.3 is 0 Å². The molecule has 0 aliphatic heterocycles. The van der Waals surface area contributed by atoms with E-state index in [9.17, 15) is 13.6 Å². The van der Waals surface area contributed by atoms with Crippen molar-refractivity contribution in [1.29, 1.82) is 0 Å². The number of aryl methyl sites for hydroxylation is 1. The van der Waals surface area contributed by atoms with Crippen molar-refractivity contribution >= 4 is 39.8 Å². The van der Waals surface area contributed by atoms with E-state index in [4.69, 9.17) is 11.6 Å². The van der Waals surface area contributed by atoms with Crippen molar-refractivity contribution < 1.29 is 13.6 Å². The van der Waals surface area contributed by atoms with Gasteiger partial charge in [0.1, 0.15) is 5.82 Å². The summed E-state index contributed by atoms with van der Waals surface area (Å²) in [5.74, 6) is 6.66. The van der Waals surface area contributed by atoms with Crippen molar-refractivity contribution in [2.75, 3.05) is 6.54 Å². The lowest BCUT2D eigenvalue weighted by molar-refractivity contribution is 0.0858. The standard InChI is InChI=1S/C27H32ClN3O3S/c1-4-6-8-9-11-21-12-13-23(24(28)17-21)19-30-20(3)29-25-15-14-22(18-26(25)30)27(32)31(35(33)34)16-10-7-5-2/h12-15,17-18H,4-8,10,16,19H2,1-3H3,(H,33,34). The number of unbranched alkanes of at least 4 members (excludes halogenated alkanes) is 4. The molecular weight excluding hydrogens is 482 g/mol. The highest BCUT2D eigenvalue weighted by molar-refractivity contribution is 7.77. The van der Waals surface area contributed by atoms with Crippen molar-refractivity contribution in [2.24, 2.45) is 0 Å². The monoisotopic (exact) mass is 513 g/mol. The molecule has 1 atom stereocenters. The predicted octanol–water partition coefficient (Wildman–Crippen LogP) is 6.36. The third-order valence-corrected chi connectivity index (χ3v) is 6.91. The molecule has 2 aromatic carbocycles. The molecule has 0 aliphatic carbocycles. The second kappa shape index (κ2) is 12.9. The molecule has 1 N–H and O–H groups in total. The molecule has 0 fully saturated rings. The van der Waals surface area contributed by atoms with Gasteiger partial charge in [-0.1, -0.05) is 62.6 Å². The number of halogens is 1. The van der Waals surface area contributed by atoms with E-state index in [1.807, 2.05) is 36.6 Å². The Balaban J connectivity index is 1.88. The first-order chi connectivity index (χ1) is 16.8. The summed E-state index contributed by atoms with van der Waals surface area (Å²) in [6.45, 7) is 6.80. The summed E-state index contributed by atoms with van der Waals surface area (Å²) in [4.78, 5) is 17.6. The third kappa shape index (κ3) is 6.94. The highest BCUT2D eigenvalue weighted by Gasteiger charge is 2.21. The van der Waals surface area contributed by atoms with E-state index in [1.165, 1.54) is 0 Å². The number of rotatable bonds is 10. The van der Waals surface area contributed by atoms with E-state index < -0.39 is 17.2 Å². The Kier molecular flexibility index (Phi) is 9.91. The van der Waals surface area contributed by atoms with E-state index >= 15 is 0 Å². The molecule has 1 amide bonds. The Morgan fingerprint density at radius 2 is 1.91 bits per heavy atom. The largest absolute Gasteiger partial charge is 0.324 e. The fraction of sp³-hybridized carbons (Fsp3) is 0.407. The molecule has 0 saturated heterocycles. The smallest absolute Gasteiger partial charge is 0.267 e. The molecule has 0 aliphatic rings. The van der Waals surface area contributed by atoms with Gasteiger partial charge in [-0.2, -0.15) is 0 Å². The maximum atomic E-state index is 13.0. The maximum absolute atomic E-state index is 13.0. The average Bonchev–Trinajstić information content (AvgIpc) is 3.14. The number of hydrogen-bond acceptors (Lipinski definition) is 3. The predicted molar refractivity (Wildman–Crippen MR) is 143 cm³/mol. The number of imidazole rings is 1. The zero-order chi connectivity index (χ0) is 25.4. The number of fused-ring (bicyclic) bond motifs is 1. The van der Waals surface area contributed by atoms with Crippen molar-refractivity contribution in [3.8, 4) is 11.8 Å². The zero-order valence-electron chi connectivity index (χ0n) is 20.5. The van der Waals surface area contributed by atoms with E-state index in [-0.39, 0.29) is 6.54 Å². The topological polar surface area (TPSA) is 75.4 Å². The van der Waals surface area contributed by atoms with E-state index in [2.05, 4.69) is 23.7 Å². The Morgan fingerprint density at radius 1 is 1.14 bits per heavy atom. The lowest BCUT2D eigenvalue weighted by atomic mass is 10.1. The molecule has 0 radical (unpaired) electrons. The third-order valence-electron chi connectivity index (χ3n) is 5.84. The molecule has 0 spiro atoms. The zero-order valence-corrected chi connectivity index (χ0v) is 22.1. The Hall–Kier alpha value is -2.66. The van der Waals surface area contributed by atoms with Crippen molar-refractivity contribution in [3.05, 3.63) is 63.9 Å². The summed E-state index contributed by atoms with van der Waals surface area (Å²) in [6.07, 6.45) is 5.59. The summed E-state index contributed by atoms with van der Waals surface area (Å²) in [6, 6.07) is 11.0. The van der Waals surface area contributed by atoms with Crippen molar-refractivity contribution in [1.82, 2.24) is 13.9 Å². The minimum absolute atomic E-state index is 0.232. The summed E-state index contributed by atoms with van der Waals surface area (Å²) >= 11 is 4.21. The average molecular weight is 514 g/mol. The van der Waals surface area contributed by atoms with Crippen LogP contribution in [0.1, 0.15) is 79.7 Å². The molecule has 186 valence electrons. The van der Waals surface area contributed by atoms with Gasteiger partial charge in [0.15, 0.2) is 0 Å². The van der Waals surface area contributed by atoms with Crippen LogP contribution in [0.5, 0.6) is 0 Å². The number of hydrogen-bond donors (Lipinski definition) is 1. The van der Waals surface area contributed by atoms with E-state index in [1.54, 1.807) is 18.2 Å². The molecule has 1 unspecified atom stereocenters. The number of carbonyl (C=O) groups is 1. The van der Waals surface area contributed by atoms with Crippen LogP contribution in [-0.4, -0.2) is 35.1 Å². The SMILES string of the molecule is CCCCC#Cc1ccc(Cn2c(C)nc3ccc(C(=O)N(CCCCC)S(=O)O)cc32)c(Cl)c1. The van der Waals surface area contributed by atoms with E-state index in [0.29, 0.717) is 23.6 Å². The molecule has 8 heteroatoms. The highest BCUT2D eigenvalue weighted by Crippen LogP contribution is 2.24. The van der Waals surface area contributed by atoms with Crippen LogP contribution in [0, 0.1) is 18.8 Å². The van der Waals surface area contributed by atoms with Crippen molar-refractivity contribution in [3.63, 3.8) is 0 Å². The lowest BCUT2D eigenvalue weighted by Gasteiger charge is -2.18. The molecule has 3 rings (SSSR count). The van der Waals surface area contributed by atoms with Gasteiger partial charge < -0.3 is 4.57 Å². The van der Waals surface area contributed by atoms with Gasteiger partial charge in [0.25, 0.3) is 17.2 Å². The van der Waals surface area contributed by atoms with Crippen LogP contribution in [0.3, 0.4) is 0 Å². The normalized spacial score (nSPS) is 11.8. The summed E-state index contributed by atoms with van der Waals surface area (Å²) < 4.78 is 24.5.